The number of oxazole rings is 1. The van der Waals surface area contributed by atoms with Crippen LogP contribution in [-0.4, -0.2) is 29.3 Å². The van der Waals surface area contributed by atoms with Crippen LogP contribution < -0.4 is 9.47 Å². The number of benzene rings is 2. The van der Waals surface area contributed by atoms with Gasteiger partial charge in [0.05, 0.1) is 6.20 Å². The van der Waals surface area contributed by atoms with Crippen LogP contribution in [0.1, 0.15) is 27.2 Å². The Hall–Kier alpha value is -3.74. The van der Waals surface area contributed by atoms with Gasteiger partial charge in [0.15, 0.2) is 5.76 Å². The highest BCUT2D eigenvalue weighted by Gasteiger charge is 2.16. The number of nitrogens with zero attached hydrogens (tertiary/aromatic N) is 1. The van der Waals surface area contributed by atoms with Gasteiger partial charge in [-0.2, -0.15) is 0 Å². The van der Waals surface area contributed by atoms with Crippen LogP contribution in [0.4, 0.5) is 0 Å². The molecule has 1 N–H and O–H groups in total. The normalized spacial score (nSPS) is 11.0. The van der Waals surface area contributed by atoms with Gasteiger partial charge < -0.3 is 23.4 Å². The molecule has 7 nitrogen and oxygen atoms in total. The topological polar surface area (TPSA) is 94.9 Å². The maximum Gasteiger partial charge on any atom is 0.373 e. The van der Waals surface area contributed by atoms with E-state index in [1.807, 2.05) is 45.0 Å². The standard InChI is InChI=1S/C23H21NO6/c1-13-4-5-14(2)17(8-13)27-6-7-28-18-10-16-11-20(29-19(16)9-15(18)3)22-24-12-21(30-22)23(25)26/h4-5,8-12H,6-7H2,1-3H3,(H,25,26). The van der Waals surface area contributed by atoms with E-state index in [0.717, 1.165) is 39.8 Å². The fourth-order valence-electron chi connectivity index (χ4n) is 3.08. The number of aryl methyl sites for hydroxylation is 3. The molecule has 2 heterocycles. The molecule has 30 heavy (non-hydrogen) atoms. The summed E-state index contributed by atoms with van der Waals surface area (Å²) in [6.07, 6.45) is 1.15. The second-order valence-electron chi connectivity index (χ2n) is 7.07. The van der Waals surface area contributed by atoms with Gasteiger partial charge in [-0.3, -0.25) is 0 Å². The Kier molecular flexibility index (Phi) is 5.18. The predicted octanol–water partition coefficient (Wildman–Crippen LogP) is 5.17. The van der Waals surface area contributed by atoms with E-state index in [9.17, 15) is 4.79 Å². The van der Waals surface area contributed by atoms with Gasteiger partial charge in [0.2, 0.25) is 5.76 Å². The molecule has 0 bridgehead atoms. The van der Waals surface area contributed by atoms with Crippen molar-refractivity contribution in [3.8, 4) is 23.1 Å². The van der Waals surface area contributed by atoms with Crippen molar-refractivity contribution in [2.75, 3.05) is 13.2 Å². The highest BCUT2D eigenvalue weighted by Crippen LogP contribution is 2.32. The largest absolute Gasteiger partial charge is 0.490 e. The minimum atomic E-state index is -1.18. The highest BCUT2D eigenvalue weighted by molar-refractivity contribution is 5.86. The summed E-state index contributed by atoms with van der Waals surface area (Å²) in [5, 5.41) is 9.77. The Morgan fingerprint density at radius 2 is 1.70 bits per heavy atom. The molecule has 0 amide bonds. The Balaban J connectivity index is 1.46. The van der Waals surface area contributed by atoms with Crippen molar-refractivity contribution >= 4 is 16.9 Å². The number of carboxylic acids is 1. The van der Waals surface area contributed by atoms with Gasteiger partial charge in [0.1, 0.15) is 30.3 Å². The number of furan rings is 1. The molecule has 0 atom stereocenters. The molecule has 0 unspecified atom stereocenters. The molecule has 154 valence electrons. The van der Waals surface area contributed by atoms with Gasteiger partial charge in [-0.1, -0.05) is 12.1 Å². The molecule has 2 aromatic heterocycles. The molecular formula is C23H21NO6. The van der Waals surface area contributed by atoms with Crippen molar-refractivity contribution in [3.63, 3.8) is 0 Å². The fraction of sp³-hybridized carbons (Fsp3) is 0.217. The van der Waals surface area contributed by atoms with Crippen molar-refractivity contribution in [1.29, 1.82) is 0 Å². The summed E-state index contributed by atoms with van der Waals surface area (Å²) in [4.78, 5) is 14.9. The van der Waals surface area contributed by atoms with Crippen LogP contribution >= 0.6 is 0 Å². The first kappa shape index (κ1) is 19.6. The number of hydrogen-bond donors (Lipinski definition) is 1. The lowest BCUT2D eigenvalue weighted by molar-refractivity contribution is 0.0663. The molecule has 0 aliphatic heterocycles. The summed E-state index contributed by atoms with van der Waals surface area (Å²) in [6.45, 7) is 6.79. The first-order chi connectivity index (χ1) is 14.4. The van der Waals surface area contributed by atoms with E-state index in [-0.39, 0.29) is 11.7 Å². The zero-order valence-corrected chi connectivity index (χ0v) is 16.9. The number of aromatic carboxylic acids is 1. The molecule has 2 aromatic carbocycles. The zero-order valence-electron chi connectivity index (χ0n) is 16.9. The fourth-order valence-corrected chi connectivity index (χ4v) is 3.08. The minimum Gasteiger partial charge on any atom is -0.490 e. The van der Waals surface area contributed by atoms with Crippen LogP contribution in [-0.2, 0) is 0 Å². The second kappa shape index (κ2) is 7.94. The van der Waals surface area contributed by atoms with Crippen LogP contribution in [0, 0.1) is 20.8 Å². The first-order valence-electron chi connectivity index (χ1n) is 9.47. The average molecular weight is 407 g/mol. The van der Waals surface area contributed by atoms with Crippen LogP contribution in [0.3, 0.4) is 0 Å². The summed E-state index contributed by atoms with van der Waals surface area (Å²) in [7, 11) is 0. The molecule has 0 saturated heterocycles. The van der Waals surface area contributed by atoms with Crippen LogP contribution in [0.2, 0.25) is 0 Å². The minimum absolute atomic E-state index is 0.116. The molecule has 0 fully saturated rings. The number of ether oxygens (including phenoxy) is 2. The molecular weight excluding hydrogens is 386 g/mol. The maximum atomic E-state index is 11.0. The van der Waals surface area contributed by atoms with E-state index >= 15 is 0 Å². The van der Waals surface area contributed by atoms with E-state index in [1.165, 1.54) is 0 Å². The summed E-state index contributed by atoms with van der Waals surface area (Å²) in [6, 6.07) is 11.6. The van der Waals surface area contributed by atoms with E-state index in [1.54, 1.807) is 6.07 Å². The van der Waals surface area contributed by atoms with Crippen molar-refractivity contribution < 1.29 is 28.2 Å². The number of aromatic nitrogens is 1. The first-order valence-corrected chi connectivity index (χ1v) is 9.47. The second-order valence-corrected chi connectivity index (χ2v) is 7.07. The zero-order chi connectivity index (χ0) is 21.3. The quantitative estimate of drug-likeness (QED) is 0.422. The number of carbonyl (C=O) groups is 1. The monoisotopic (exact) mass is 407 g/mol. The van der Waals surface area contributed by atoms with Crippen molar-refractivity contribution in [2.45, 2.75) is 20.8 Å². The van der Waals surface area contributed by atoms with Crippen LogP contribution in [0.15, 0.2) is 51.4 Å². The van der Waals surface area contributed by atoms with Gasteiger partial charge in [-0.25, -0.2) is 9.78 Å². The molecule has 7 heteroatoms. The van der Waals surface area contributed by atoms with Crippen LogP contribution in [0.5, 0.6) is 11.5 Å². The van der Waals surface area contributed by atoms with Crippen molar-refractivity contribution in [3.05, 3.63) is 65.0 Å². The van der Waals surface area contributed by atoms with Crippen molar-refractivity contribution in [1.82, 2.24) is 4.98 Å². The van der Waals surface area contributed by atoms with E-state index in [0.29, 0.717) is 24.6 Å². The predicted molar refractivity (Wildman–Crippen MR) is 110 cm³/mol. The Morgan fingerprint density at radius 1 is 0.967 bits per heavy atom. The summed E-state index contributed by atoms with van der Waals surface area (Å²) in [5.74, 6) is 0.627. The van der Waals surface area contributed by atoms with Crippen LogP contribution in [0.25, 0.3) is 22.6 Å². The molecule has 0 spiro atoms. The van der Waals surface area contributed by atoms with E-state index < -0.39 is 5.97 Å². The third kappa shape index (κ3) is 4.00. The molecule has 0 aliphatic carbocycles. The molecule has 0 saturated carbocycles. The summed E-state index contributed by atoms with van der Waals surface area (Å²) >= 11 is 0. The average Bonchev–Trinajstić information content (AvgIpc) is 3.34. The number of carboxylic acid groups (broad SMARTS) is 1. The van der Waals surface area contributed by atoms with E-state index in [2.05, 4.69) is 11.1 Å². The third-order valence-electron chi connectivity index (χ3n) is 4.68. The van der Waals surface area contributed by atoms with E-state index in [4.69, 9.17) is 23.4 Å². The van der Waals surface area contributed by atoms with Gasteiger partial charge >= 0.3 is 5.97 Å². The summed E-state index contributed by atoms with van der Waals surface area (Å²) < 4.78 is 22.7. The smallest absolute Gasteiger partial charge is 0.373 e. The third-order valence-corrected chi connectivity index (χ3v) is 4.68. The number of fused-ring (bicyclic) bond motifs is 1. The van der Waals surface area contributed by atoms with Gasteiger partial charge in [0, 0.05) is 5.39 Å². The summed E-state index contributed by atoms with van der Waals surface area (Å²) in [5.41, 5.74) is 3.78. The van der Waals surface area contributed by atoms with Gasteiger partial charge in [0.25, 0.3) is 5.89 Å². The molecule has 0 aliphatic rings. The van der Waals surface area contributed by atoms with Crippen molar-refractivity contribution in [2.24, 2.45) is 0 Å². The Labute approximate surface area is 172 Å². The molecule has 0 radical (unpaired) electrons. The molecule has 4 aromatic rings. The van der Waals surface area contributed by atoms with Gasteiger partial charge in [-0.05, 0) is 61.7 Å². The number of rotatable bonds is 7. The lowest BCUT2D eigenvalue weighted by atomic mass is 10.1. The highest BCUT2D eigenvalue weighted by atomic mass is 16.5. The Morgan fingerprint density at radius 3 is 2.40 bits per heavy atom. The lowest BCUT2D eigenvalue weighted by Gasteiger charge is -2.12. The Bertz CT molecular complexity index is 1220. The number of hydrogen-bond acceptors (Lipinski definition) is 6. The maximum absolute atomic E-state index is 11.0. The van der Waals surface area contributed by atoms with Gasteiger partial charge in [-0.15, -0.1) is 0 Å². The SMILES string of the molecule is Cc1ccc(C)c(OCCOc2cc3cc(-c4ncc(C(=O)O)o4)oc3cc2C)c1. The molecule has 4 rings (SSSR count). The lowest BCUT2D eigenvalue weighted by Crippen LogP contribution is -2.10.